The molecule has 0 spiro atoms. The van der Waals surface area contributed by atoms with E-state index in [1.54, 1.807) is 4.57 Å². The van der Waals surface area contributed by atoms with E-state index in [4.69, 9.17) is 5.73 Å². The zero-order valence-corrected chi connectivity index (χ0v) is 6.70. The first-order chi connectivity index (χ1) is 5.77. The third-order valence-electron chi connectivity index (χ3n) is 1.91. The Hall–Kier alpha value is -1.57. The fourth-order valence-corrected chi connectivity index (χ4v) is 1.30. The average molecular weight is 158 g/mol. The predicted octanol–water partition coefficient (Wildman–Crippen LogP) is 1.35. The van der Waals surface area contributed by atoms with E-state index in [2.05, 4.69) is 7.05 Å². The molecule has 2 N–H and O–H groups in total. The molecule has 1 heterocycles. The van der Waals surface area contributed by atoms with Gasteiger partial charge in [0.1, 0.15) is 0 Å². The molecule has 0 amide bonds. The van der Waals surface area contributed by atoms with Crippen LogP contribution in [0.25, 0.3) is 10.8 Å². The summed E-state index contributed by atoms with van der Waals surface area (Å²) in [6.07, 6.45) is 3.84. The van der Waals surface area contributed by atoms with Gasteiger partial charge in [-0.2, -0.15) is 4.57 Å². The number of rotatable bonds is 0. The molecule has 0 saturated heterocycles. The smallest absolute Gasteiger partial charge is 0.206 e. The maximum Gasteiger partial charge on any atom is 0.206 e. The molecule has 2 aromatic rings. The maximum absolute atomic E-state index is 5.78. The lowest BCUT2D eigenvalue weighted by atomic mass is 10.1. The summed E-state index contributed by atoms with van der Waals surface area (Å²) in [5.41, 5.74) is 6.59. The van der Waals surface area contributed by atoms with E-state index in [9.17, 15) is 0 Å². The lowest BCUT2D eigenvalue weighted by Gasteiger charge is -1.97. The number of hydrogen-bond acceptors (Lipinski definition) is 1. The van der Waals surface area contributed by atoms with E-state index in [0.717, 1.165) is 16.5 Å². The molecule has 0 saturated carbocycles. The minimum absolute atomic E-state index is 0.813. The van der Waals surface area contributed by atoms with Crippen molar-refractivity contribution in [2.24, 2.45) is 0 Å². The van der Waals surface area contributed by atoms with Gasteiger partial charge in [-0.05, 0) is 12.1 Å². The normalized spacial score (nSPS) is 10.4. The van der Waals surface area contributed by atoms with Crippen LogP contribution in [0.3, 0.4) is 0 Å². The summed E-state index contributed by atoms with van der Waals surface area (Å²) in [6.45, 7) is 0. The van der Waals surface area contributed by atoms with E-state index in [1.807, 2.05) is 36.7 Å². The number of nitrogen functional groups attached to an aromatic ring is 1. The Labute approximate surface area is 71.2 Å². The van der Waals surface area contributed by atoms with Gasteiger partial charge in [0, 0.05) is 22.5 Å². The van der Waals surface area contributed by atoms with Crippen LogP contribution in [0.1, 0.15) is 0 Å². The highest BCUT2D eigenvalue weighted by Crippen LogP contribution is 2.17. The largest absolute Gasteiger partial charge is 0.398 e. The molecule has 1 aromatic carbocycles. The number of nitrogens with zero attached hydrogens (tertiary/aromatic N) is 1. The highest BCUT2D eigenvalue weighted by Gasteiger charge is 2.00. The summed E-state index contributed by atoms with van der Waals surface area (Å²) in [6, 6.07) is 7.83. The standard InChI is InChI=1S/C10H10N2/c1-12-6-5-9-8(7-12)3-2-4-10(9)11/h2-7H,1,11H2/q+1. The van der Waals surface area contributed by atoms with E-state index in [0.29, 0.717) is 0 Å². The highest BCUT2D eigenvalue weighted by atomic mass is 14.9. The SMILES string of the molecule is [CH2][n+]1ccc2c(N)cccc2c1. The number of pyridine rings is 1. The van der Waals surface area contributed by atoms with Crippen LogP contribution in [0.15, 0.2) is 36.7 Å². The number of hydrogen-bond donors (Lipinski definition) is 1. The summed E-state index contributed by atoms with van der Waals surface area (Å²) < 4.78 is 1.77. The molecule has 1 radical (unpaired) electrons. The van der Waals surface area contributed by atoms with Gasteiger partial charge in [-0.1, -0.05) is 6.07 Å². The summed E-state index contributed by atoms with van der Waals surface area (Å²) in [5.74, 6) is 0. The van der Waals surface area contributed by atoms with Gasteiger partial charge < -0.3 is 5.73 Å². The molecule has 2 rings (SSSR count). The van der Waals surface area contributed by atoms with Crippen molar-refractivity contribution in [2.45, 2.75) is 0 Å². The summed E-state index contributed by atoms with van der Waals surface area (Å²) >= 11 is 0. The van der Waals surface area contributed by atoms with E-state index in [-0.39, 0.29) is 0 Å². The van der Waals surface area contributed by atoms with Crippen molar-refractivity contribution in [2.75, 3.05) is 5.73 Å². The Morgan fingerprint density at radius 1 is 1.25 bits per heavy atom. The Kier molecular flexibility index (Phi) is 1.47. The summed E-state index contributed by atoms with van der Waals surface area (Å²) in [4.78, 5) is 0. The first kappa shape index (κ1) is 7.10. The van der Waals surface area contributed by atoms with Gasteiger partial charge in [-0.25, -0.2) is 0 Å². The molecule has 2 nitrogen and oxygen atoms in total. The zero-order valence-electron chi connectivity index (χ0n) is 6.70. The Morgan fingerprint density at radius 2 is 2.08 bits per heavy atom. The molecule has 12 heavy (non-hydrogen) atoms. The van der Waals surface area contributed by atoms with Crippen molar-refractivity contribution in [3.05, 3.63) is 43.7 Å². The molecule has 0 atom stereocenters. The van der Waals surface area contributed by atoms with Crippen molar-refractivity contribution in [1.82, 2.24) is 0 Å². The molecular weight excluding hydrogens is 148 g/mol. The Morgan fingerprint density at radius 3 is 2.92 bits per heavy atom. The van der Waals surface area contributed by atoms with E-state index >= 15 is 0 Å². The first-order valence-corrected chi connectivity index (χ1v) is 3.78. The van der Waals surface area contributed by atoms with E-state index in [1.165, 1.54) is 0 Å². The second-order valence-electron chi connectivity index (χ2n) is 2.81. The average Bonchev–Trinajstić information content (AvgIpc) is 2.04. The minimum atomic E-state index is 0.813. The third kappa shape index (κ3) is 1.01. The zero-order chi connectivity index (χ0) is 8.55. The molecule has 0 bridgehead atoms. The molecule has 2 heteroatoms. The molecule has 1 aromatic heterocycles. The molecule has 0 aliphatic carbocycles. The summed E-state index contributed by atoms with van der Waals surface area (Å²) in [7, 11) is 3.78. The monoisotopic (exact) mass is 158 g/mol. The van der Waals surface area contributed by atoms with E-state index < -0.39 is 0 Å². The first-order valence-electron chi connectivity index (χ1n) is 3.78. The van der Waals surface area contributed by atoms with Gasteiger partial charge >= 0.3 is 0 Å². The van der Waals surface area contributed by atoms with Gasteiger partial charge in [0.25, 0.3) is 0 Å². The molecule has 0 aliphatic rings. The number of nitrogens with two attached hydrogens (primary N) is 1. The van der Waals surface area contributed by atoms with Crippen molar-refractivity contribution in [3.8, 4) is 0 Å². The second kappa shape index (κ2) is 2.48. The van der Waals surface area contributed by atoms with Crippen LogP contribution in [0.5, 0.6) is 0 Å². The third-order valence-corrected chi connectivity index (χ3v) is 1.91. The molecule has 0 aliphatic heterocycles. The van der Waals surface area contributed by atoms with Crippen molar-refractivity contribution < 1.29 is 4.57 Å². The highest BCUT2D eigenvalue weighted by molar-refractivity contribution is 5.91. The fraction of sp³-hybridized carbons (Fsp3) is 0. The number of aromatic nitrogens is 1. The van der Waals surface area contributed by atoms with Gasteiger partial charge in [0.15, 0.2) is 12.4 Å². The van der Waals surface area contributed by atoms with Crippen LogP contribution >= 0.6 is 0 Å². The van der Waals surface area contributed by atoms with Gasteiger partial charge in [-0.3, -0.25) is 0 Å². The van der Waals surface area contributed by atoms with Crippen LogP contribution in [0, 0.1) is 7.05 Å². The van der Waals surface area contributed by atoms with Crippen molar-refractivity contribution in [3.63, 3.8) is 0 Å². The minimum Gasteiger partial charge on any atom is -0.398 e. The summed E-state index contributed by atoms with van der Waals surface area (Å²) in [5, 5.41) is 2.20. The van der Waals surface area contributed by atoms with Crippen LogP contribution in [-0.2, 0) is 0 Å². The number of benzene rings is 1. The molecule has 0 fully saturated rings. The molecule has 0 unspecified atom stereocenters. The van der Waals surface area contributed by atoms with Crippen molar-refractivity contribution >= 4 is 16.5 Å². The fourth-order valence-electron chi connectivity index (χ4n) is 1.30. The van der Waals surface area contributed by atoms with Crippen LogP contribution < -0.4 is 10.3 Å². The Bertz CT molecular complexity index is 421. The van der Waals surface area contributed by atoms with Crippen LogP contribution in [0.2, 0.25) is 0 Å². The Balaban J connectivity index is 2.86. The predicted molar refractivity (Wildman–Crippen MR) is 49.3 cm³/mol. The van der Waals surface area contributed by atoms with Crippen LogP contribution in [-0.4, -0.2) is 0 Å². The topological polar surface area (TPSA) is 29.9 Å². The number of fused-ring (bicyclic) bond motifs is 1. The van der Waals surface area contributed by atoms with Gasteiger partial charge in [0.2, 0.25) is 7.05 Å². The lowest BCUT2D eigenvalue weighted by Crippen LogP contribution is -2.23. The van der Waals surface area contributed by atoms with Crippen LogP contribution in [0.4, 0.5) is 5.69 Å². The lowest BCUT2D eigenvalue weighted by molar-refractivity contribution is -0.610. The number of anilines is 1. The molecule has 59 valence electrons. The van der Waals surface area contributed by atoms with Gasteiger partial charge in [-0.15, -0.1) is 0 Å². The van der Waals surface area contributed by atoms with Gasteiger partial charge in [0.05, 0.1) is 0 Å². The second-order valence-corrected chi connectivity index (χ2v) is 2.81. The maximum atomic E-state index is 5.78. The quantitative estimate of drug-likeness (QED) is 0.455. The van der Waals surface area contributed by atoms with Crippen molar-refractivity contribution in [1.29, 1.82) is 0 Å². The molecular formula is C10H10N2+.